The minimum absolute atomic E-state index is 0.322. The second kappa shape index (κ2) is 7.11. The van der Waals surface area contributed by atoms with Gasteiger partial charge in [0.1, 0.15) is 12.1 Å². The summed E-state index contributed by atoms with van der Waals surface area (Å²) in [5, 5.41) is 3.21. The third-order valence-electron chi connectivity index (χ3n) is 2.28. The van der Waals surface area contributed by atoms with Gasteiger partial charge in [-0.15, -0.1) is 0 Å². The van der Waals surface area contributed by atoms with Crippen LogP contribution in [0.25, 0.3) is 0 Å². The van der Waals surface area contributed by atoms with Gasteiger partial charge in [-0.05, 0) is 13.0 Å². The molecule has 0 atom stereocenters. The van der Waals surface area contributed by atoms with Crippen LogP contribution in [-0.2, 0) is 6.54 Å². The fourth-order valence-electron chi connectivity index (χ4n) is 1.51. The van der Waals surface area contributed by atoms with Gasteiger partial charge in [-0.1, -0.05) is 6.92 Å². The van der Waals surface area contributed by atoms with Crippen molar-refractivity contribution in [3.63, 3.8) is 0 Å². The third kappa shape index (κ3) is 4.60. The third-order valence-corrected chi connectivity index (χ3v) is 2.28. The van der Waals surface area contributed by atoms with Crippen LogP contribution < -0.4 is 10.2 Å². The van der Waals surface area contributed by atoms with E-state index in [9.17, 15) is 8.78 Å². The molecule has 0 saturated carbocycles. The van der Waals surface area contributed by atoms with Crippen molar-refractivity contribution in [2.24, 2.45) is 0 Å². The molecule has 6 heteroatoms. The number of halogens is 2. The molecule has 4 nitrogen and oxygen atoms in total. The Balaban J connectivity index is 2.69. The van der Waals surface area contributed by atoms with Gasteiger partial charge in [-0.2, -0.15) is 0 Å². The molecule has 0 aromatic carbocycles. The molecule has 0 spiro atoms. The highest BCUT2D eigenvalue weighted by Crippen LogP contribution is 2.15. The predicted octanol–water partition coefficient (Wildman–Crippen LogP) is 1.68. The molecule has 1 rings (SSSR count). The fraction of sp³-hybridized carbons (Fsp3) is 0.636. The molecule has 17 heavy (non-hydrogen) atoms. The zero-order valence-electron chi connectivity index (χ0n) is 10.2. The average molecular weight is 244 g/mol. The molecule has 1 aromatic rings. The maximum absolute atomic E-state index is 12.3. The lowest BCUT2D eigenvalue weighted by atomic mass is 10.3. The monoisotopic (exact) mass is 244 g/mol. The summed E-state index contributed by atoms with van der Waals surface area (Å²) in [5.74, 6) is 0.559. The Kier molecular flexibility index (Phi) is 5.76. The van der Waals surface area contributed by atoms with Crippen LogP contribution in [0.3, 0.4) is 0 Å². The number of alkyl halides is 2. The van der Waals surface area contributed by atoms with E-state index in [1.54, 1.807) is 13.2 Å². The summed E-state index contributed by atoms with van der Waals surface area (Å²) in [7, 11) is 1.61. The zero-order valence-corrected chi connectivity index (χ0v) is 10.2. The normalized spacial score (nSPS) is 10.9. The van der Waals surface area contributed by atoms with Crippen molar-refractivity contribution < 1.29 is 8.78 Å². The molecular formula is C11H18F2N4. The Morgan fingerprint density at radius 1 is 1.47 bits per heavy atom. The first-order valence-corrected chi connectivity index (χ1v) is 5.64. The van der Waals surface area contributed by atoms with Crippen molar-refractivity contribution in [2.75, 3.05) is 25.0 Å². The van der Waals surface area contributed by atoms with Gasteiger partial charge < -0.3 is 10.2 Å². The molecule has 0 unspecified atom stereocenters. The lowest BCUT2D eigenvalue weighted by molar-refractivity contribution is 0.156. The second-order valence-corrected chi connectivity index (χ2v) is 3.82. The number of hydrogen-bond donors (Lipinski definition) is 1. The van der Waals surface area contributed by atoms with E-state index in [0.717, 1.165) is 18.5 Å². The average Bonchev–Trinajstić information content (AvgIpc) is 2.29. The van der Waals surface area contributed by atoms with Crippen LogP contribution in [0, 0.1) is 0 Å². The largest absolute Gasteiger partial charge is 0.354 e. The molecule has 96 valence electrons. The summed E-state index contributed by atoms with van der Waals surface area (Å²) in [5.41, 5.74) is 0.837. The number of nitrogens with zero attached hydrogens (tertiary/aromatic N) is 3. The summed E-state index contributed by atoms with van der Waals surface area (Å²) in [6.07, 6.45) is 1.69. The fourth-order valence-corrected chi connectivity index (χ4v) is 1.51. The molecule has 0 aliphatic heterocycles. The number of anilines is 1. The lowest BCUT2D eigenvalue weighted by Crippen LogP contribution is -2.27. The van der Waals surface area contributed by atoms with Crippen LogP contribution in [0.2, 0.25) is 0 Å². The maximum atomic E-state index is 12.3. The highest BCUT2D eigenvalue weighted by atomic mass is 19.3. The van der Waals surface area contributed by atoms with Gasteiger partial charge in [0.05, 0.1) is 6.54 Å². The first kappa shape index (κ1) is 13.8. The van der Waals surface area contributed by atoms with Crippen molar-refractivity contribution in [3.05, 3.63) is 18.1 Å². The Hall–Kier alpha value is -1.30. The Morgan fingerprint density at radius 2 is 2.24 bits per heavy atom. The van der Waals surface area contributed by atoms with Gasteiger partial charge in [0.15, 0.2) is 0 Å². The van der Waals surface area contributed by atoms with E-state index in [2.05, 4.69) is 22.2 Å². The van der Waals surface area contributed by atoms with Crippen molar-refractivity contribution >= 4 is 5.82 Å². The van der Waals surface area contributed by atoms with Crippen LogP contribution in [-0.4, -0.2) is 36.5 Å². The quantitative estimate of drug-likeness (QED) is 0.741. The highest BCUT2D eigenvalue weighted by Gasteiger charge is 2.13. The van der Waals surface area contributed by atoms with E-state index in [1.807, 2.05) is 0 Å². The second-order valence-electron chi connectivity index (χ2n) is 3.82. The van der Waals surface area contributed by atoms with E-state index >= 15 is 0 Å². The van der Waals surface area contributed by atoms with Crippen LogP contribution in [0.1, 0.15) is 18.9 Å². The van der Waals surface area contributed by atoms with E-state index in [4.69, 9.17) is 0 Å². The predicted molar refractivity (Wildman–Crippen MR) is 63.3 cm³/mol. The standard InChI is InChI=1S/C11H18F2N4/c1-3-4-14-5-9-6-15-8-16-11(9)17(2)7-10(12)13/h6,8,10,14H,3-5,7H2,1-2H3. The summed E-state index contributed by atoms with van der Waals surface area (Å²) >= 11 is 0. The van der Waals surface area contributed by atoms with Gasteiger partial charge in [0.2, 0.25) is 0 Å². The van der Waals surface area contributed by atoms with E-state index < -0.39 is 6.43 Å². The molecule has 0 saturated heterocycles. The minimum atomic E-state index is -2.37. The zero-order chi connectivity index (χ0) is 12.7. The highest BCUT2D eigenvalue weighted by molar-refractivity contribution is 5.44. The summed E-state index contributed by atoms with van der Waals surface area (Å²) in [6, 6.07) is 0. The SMILES string of the molecule is CCCNCc1cncnc1N(C)CC(F)F. The first-order chi connectivity index (χ1) is 8.15. The van der Waals surface area contributed by atoms with Gasteiger partial charge in [0, 0.05) is 25.4 Å². The Bertz CT molecular complexity index is 333. The van der Waals surface area contributed by atoms with Gasteiger partial charge in [0.25, 0.3) is 6.43 Å². The summed E-state index contributed by atoms with van der Waals surface area (Å²) in [6.45, 7) is 3.22. The molecule has 0 amide bonds. The smallest absolute Gasteiger partial charge is 0.255 e. The molecule has 1 aromatic heterocycles. The van der Waals surface area contributed by atoms with Crippen molar-refractivity contribution in [1.82, 2.24) is 15.3 Å². The number of rotatable bonds is 7. The Morgan fingerprint density at radius 3 is 2.88 bits per heavy atom. The molecule has 1 N–H and O–H groups in total. The molecule has 0 fully saturated rings. The van der Waals surface area contributed by atoms with Gasteiger partial charge in [-0.25, -0.2) is 18.7 Å². The van der Waals surface area contributed by atoms with Gasteiger partial charge in [-0.3, -0.25) is 0 Å². The molecule has 0 bridgehead atoms. The van der Waals surface area contributed by atoms with Crippen LogP contribution in [0.4, 0.5) is 14.6 Å². The lowest BCUT2D eigenvalue weighted by Gasteiger charge is -2.20. The number of hydrogen-bond acceptors (Lipinski definition) is 4. The van der Waals surface area contributed by atoms with Crippen molar-refractivity contribution in [1.29, 1.82) is 0 Å². The minimum Gasteiger partial charge on any atom is -0.354 e. The Labute approximate surface area is 100 Å². The molecule has 0 aliphatic carbocycles. The van der Waals surface area contributed by atoms with Crippen molar-refractivity contribution in [2.45, 2.75) is 26.3 Å². The van der Waals surface area contributed by atoms with Crippen LogP contribution >= 0.6 is 0 Å². The summed E-state index contributed by atoms with van der Waals surface area (Å²) < 4.78 is 24.6. The van der Waals surface area contributed by atoms with Gasteiger partial charge >= 0.3 is 0 Å². The van der Waals surface area contributed by atoms with E-state index in [-0.39, 0.29) is 6.54 Å². The topological polar surface area (TPSA) is 41.1 Å². The van der Waals surface area contributed by atoms with Crippen LogP contribution in [0.15, 0.2) is 12.5 Å². The molecule has 0 aliphatic rings. The number of aromatic nitrogens is 2. The molecule has 1 heterocycles. The van der Waals surface area contributed by atoms with Crippen molar-refractivity contribution in [3.8, 4) is 0 Å². The summed E-state index contributed by atoms with van der Waals surface area (Å²) in [4.78, 5) is 9.43. The van der Waals surface area contributed by atoms with Crippen LogP contribution in [0.5, 0.6) is 0 Å². The molecule has 0 radical (unpaired) electrons. The number of nitrogens with one attached hydrogen (secondary N) is 1. The van der Waals surface area contributed by atoms with E-state index in [1.165, 1.54) is 11.2 Å². The first-order valence-electron chi connectivity index (χ1n) is 5.64. The maximum Gasteiger partial charge on any atom is 0.255 e. The van der Waals surface area contributed by atoms with E-state index in [0.29, 0.717) is 12.4 Å². The molecular weight excluding hydrogens is 226 g/mol.